The van der Waals surface area contributed by atoms with E-state index >= 15 is 0 Å². The number of thiazole rings is 1. The summed E-state index contributed by atoms with van der Waals surface area (Å²) in [5.41, 5.74) is 5.52. The maximum absolute atomic E-state index is 4.31. The molecular weight excluding hydrogens is 252 g/mol. The van der Waals surface area contributed by atoms with E-state index in [4.69, 9.17) is 0 Å². The molecule has 102 valence electrons. The molecule has 0 saturated carbocycles. The number of nitrogens with one attached hydrogen (secondary N) is 1. The normalized spacial score (nSPS) is 12.6. The summed E-state index contributed by atoms with van der Waals surface area (Å²) >= 11 is 1.73. The highest BCUT2D eigenvalue weighted by Gasteiger charge is 2.09. The Kier molecular flexibility index (Phi) is 4.72. The molecular formula is C16H22N2S. The summed E-state index contributed by atoms with van der Waals surface area (Å²) in [6.45, 7) is 9.76. The number of aryl methyl sites for hydroxylation is 3. The van der Waals surface area contributed by atoms with Crippen molar-refractivity contribution >= 4 is 11.3 Å². The van der Waals surface area contributed by atoms with Crippen molar-refractivity contribution in [2.75, 3.05) is 6.54 Å². The largest absolute Gasteiger partial charge is 0.310 e. The first-order valence-electron chi connectivity index (χ1n) is 6.77. The van der Waals surface area contributed by atoms with Crippen LogP contribution in [0.2, 0.25) is 0 Å². The lowest BCUT2D eigenvalue weighted by Gasteiger charge is -2.18. The molecule has 0 spiro atoms. The van der Waals surface area contributed by atoms with Gasteiger partial charge in [0.05, 0.1) is 5.01 Å². The smallest absolute Gasteiger partial charge is 0.0937 e. The highest BCUT2D eigenvalue weighted by molar-refractivity contribution is 7.09. The summed E-state index contributed by atoms with van der Waals surface area (Å²) in [4.78, 5) is 4.31. The van der Waals surface area contributed by atoms with Gasteiger partial charge in [0.15, 0.2) is 0 Å². The minimum atomic E-state index is 0.388. The highest BCUT2D eigenvalue weighted by Crippen LogP contribution is 2.21. The molecule has 0 amide bonds. The fourth-order valence-corrected chi connectivity index (χ4v) is 2.95. The Labute approximate surface area is 119 Å². The number of benzene rings is 1. The van der Waals surface area contributed by atoms with Gasteiger partial charge in [-0.15, -0.1) is 11.3 Å². The van der Waals surface area contributed by atoms with Crippen LogP contribution in [0.5, 0.6) is 0 Å². The van der Waals surface area contributed by atoms with Crippen molar-refractivity contribution in [1.82, 2.24) is 10.3 Å². The lowest BCUT2D eigenvalue weighted by atomic mass is 9.96. The van der Waals surface area contributed by atoms with Gasteiger partial charge >= 0.3 is 0 Å². The molecule has 0 radical (unpaired) electrons. The van der Waals surface area contributed by atoms with E-state index in [2.05, 4.69) is 50.1 Å². The molecule has 0 aliphatic carbocycles. The maximum Gasteiger partial charge on any atom is 0.0937 e. The summed E-state index contributed by atoms with van der Waals surface area (Å²) in [5.74, 6) is 0. The van der Waals surface area contributed by atoms with Crippen LogP contribution in [0.4, 0.5) is 0 Å². The molecule has 0 aliphatic rings. The van der Waals surface area contributed by atoms with Crippen molar-refractivity contribution < 1.29 is 0 Å². The number of nitrogens with zero attached hydrogens (tertiary/aromatic N) is 1. The maximum atomic E-state index is 4.31. The van der Waals surface area contributed by atoms with E-state index in [0.29, 0.717) is 6.04 Å². The Balaban J connectivity index is 1.96. The molecule has 3 heteroatoms. The number of rotatable bonds is 5. The van der Waals surface area contributed by atoms with Gasteiger partial charge in [-0.3, -0.25) is 0 Å². The molecule has 1 aromatic heterocycles. The van der Waals surface area contributed by atoms with Crippen LogP contribution in [-0.2, 0) is 6.42 Å². The first-order chi connectivity index (χ1) is 9.08. The average molecular weight is 274 g/mol. The molecule has 0 saturated heterocycles. The highest BCUT2D eigenvalue weighted by atomic mass is 32.1. The lowest BCUT2D eigenvalue weighted by Crippen LogP contribution is -2.22. The van der Waals surface area contributed by atoms with Gasteiger partial charge in [-0.25, -0.2) is 4.98 Å². The van der Waals surface area contributed by atoms with Crippen molar-refractivity contribution in [2.45, 2.75) is 40.2 Å². The van der Waals surface area contributed by atoms with Gasteiger partial charge in [-0.2, -0.15) is 0 Å². The van der Waals surface area contributed by atoms with Crippen molar-refractivity contribution in [1.29, 1.82) is 0 Å². The number of hydrogen-bond donors (Lipinski definition) is 1. The Bertz CT molecular complexity index is 532. The molecule has 0 aliphatic heterocycles. The van der Waals surface area contributed by atoms with Crippen molar-refractivity contribution in [3.8, 4) is 0 Å². The van der Waals surface area contributed by atoms with Crippen molar-refractivity contribution in [2.24, 2.45) is 0 Å². The summed E-state index contributed by atoms with van der Waals surface area (Å²) in [7, 11) is 0. The number of hydrogen-bond acceptors (Lipinski definition) is 3. The van der Waals surface area contributed by atoms with Gasteiger partial charge in [0.2, 0.25) is 0 Å². The SMILES string of the molecule is Cc1cc(C)c(C(C)NCCc2nccs2)cc1C. The Hall–Kier alpha value is -1.19. The summed E-state index contributed by atoms with van der Waals surface area (Å²) in [5, 5.41) is 6.83. The zero-order chi connectivity index (χ0) is 13.8. The van der Waals surface area contributed by atoms with E-state index in [-0.39, 0.29) is 0 Å². The third kappa shape index (κ3) is 3.64. The number of aromatic nitrogens is 1. The van der Waals surface area contributed by atoms with E-state index in [1.165, 1.54) is 27.3 Å². The summed E-state index contributed by atoms with van der Waals surface area (Å²) < 4.78 is 0. The lowest BCUT2D eigenvalue weighted by molar-refractivity contribution is 0.573. The van der Waals surface area contributed by atoms with E-state index in [1.54, 1.807) is 11.3 Å². The first-order valence-corrected chi connectivity index (χ1v) is 7.65. The zero-order valence-electron chi connectivity index (χ0n) is 12.2. The van der Waals surface area contributed by atoms with Crippen LogP contribution in [0.15, 0.2) is 23.7 Å². The van der Waals surface area contributed by atoms with Crippen LogP contribution in [-0.4, -0.2) is 11.5 Å². The second-order valence-corrected chi connectivity index (χ2v) is 6.12. The molecule has 1 aromatic carbocycles. The second kappa shape index (κ2) is 6.31. The van der Waals surface area contributed by atoms with Crippen molar-refractivity contribution in [3.63, 3.8) is 0 Å². The molecule has 0 bridgehead atoms. The fraction of sp³-hybridized carbons (Fsp3) is 0.438. The van der Waals surface area contributed by atoms with Crippen LogP contribution >= 0.6 is 11.3 Å². The van der Waals surface area contributed by atoms with E-state index < -0.39 is 0 Å². The van der Waals surface area contributed by atoms with Gasteiger partial charge in [0.25, 0.3) is 0 Å². The minimum Gasteiger partial charge on any atom is -0.310 e. The van der Waals surface area contributed by atoms with Crippen LogP contribution in [0.3, 0.4) is 0 Å². The Morgan fingerprint density at radius 3 is 2.58 bits per heavy atom. The summed E-state index contributed by atoms with van der Waals surface area (Å²) in [6, 6.07) is 4.98. The molecule has 19 heavy (non-hydrogen) atoms. The van der Waals surface area contributed by atoms with Gasteiger partial charge in [-0.1, -0.05) is 12.1 Å². The summed E-state index contributed by atoms with van der Waals surface area (Å²) in [6.07, 6.45) is 2.88. The monoisotopic (exact) mass is 274 g/mol. The van der Waals surface area contributed by atoms with Gasteiger partial charge in [0.1, 0.15) is 0 Å². The van der Waals surface area contributed by atoms with Gasteiger partial charge in [0, 0.05) is 30.6 Å². The third-order valence-corrected chi connectivity index (χ3v) is 4.46. The van der Waals surface area contributed by atoms with E-state index in [9.17, 15) is 0 Å². The predicted molar refractivity (Wildman–Crippen MR) is 82.9 cm³/mol. The topological polar surface area (TPSA) is 24.9 Å². The quantitative estimate of drug-likeness (QED) is 0.892. The van der Waals surface area contributed by atoms with E-state index in [1.807, 2.05) is 11.6 Å². The van der Waals surface area contributed by atoms with Crippen LogP contribution in [0.1, 0.15) is 40.2 Å². The third-order valence-electron chi connectivity index (χ3n) is 3.62. The first kappa shape index (κ1) is 14.2. The Morgan fingerprint density at radius 2 is 1.89 bits per heavy atom. The fourth-order valence-electron chi connectivity index (χ4n) is 2.33. The average Bonchev–Trinajstić information content (AvgIpc) is 2.86. The van der Waals surface area contributed by atoms with Crippen LogP contribution < -0.4 is 5.32 Å². The molecule has 1 atom stereocenters. The van der Waals surface area contributed by atoms with Gasteiger partial charge in [-0.05, 0) is 49.9 Å². The van der Waals surface area contributed by atoms with Gasteiger partial charge < -0.3 is 5.32 Å². The molecule has 2 aromatic rings. The van der Waals surface area contributed by atoms with Crippen LogP contribution in [0.25, 0.3) is 0 Å². The zero-order valence-corrected chi connectivity index (χ0v) is 13.0. The molecule has 1 unspecified atom stereocenters. The molecule has 2 nitrogen and oxygen atoms in total. The predicted octanol–water partition coefficient (Wildman–Crippen LogP) is 3.96. The van der Waals surface area contributed by atoms with Crippen molar-refractivity contribution in [3.05, 3.63) is 51.0 Å². The second-order valence-electron chi connectivity index (χ2n) is 5.14. The molecule has 1 N–H and O–H groups in total. The molecule has 1 heterocycles. The van der Waals surface area contributed by atoms with E-state index in [0.717, 1.165) is 13.0 Å². The standard InChI is InChI=1S/C16H22N2S/c1-11-9-13(3)15(10-12(11)2)14(4)17-6-5-16-18-7-8-19-16/h7-10,14,17H,5-6H2,1-4H3. The minimum absolute atomic E-state index is 0.388. The molecule has 0 fully saturated rings. The Morgan fingerprint density at radius 1 is 1.16 bits per heavy atom. The molecule has 2 rings (SSSR count). The van der Waals surface area contributed by atoms with Crippen LogP contribution in [0, 0.1) is 20.8 Å².